The monoisotopic (exact) mass is 430 g/mol. The average molecular weight is 430 g/mol. The van der Waals surface area contributed by atoms with Crippen LogP contribution in [0.5, 0.6) is 0 Å². The molecule has 0 aliphatic carbocycles. The SMILES string of the molecule is Cc1c(F)cc(C(N)=O)cc1NC(=O)c1cccc2c(=O)c(C)c(-c3ccccc3)oc12. The first-order valence-electron chi connectivity index (χ1n) is 9.81. The lowest BCUT2D eigenvalue weighted by Gasteiger charge is -2.13. The predicted molar refractivity (Wildman–Crippen MR) is 120 cm³/mol. The van der Waals surface area contributed by atoms with Gasteiger partial charge in [-0.05, 0) is 38.1 Å². The third-order valence-electron chi connectivity index (χ3n) is 5.30. The van der Waals surface area contributed by atoms with E-state index in [4.69, 9.17) is 10.2 Å². The van der Waals surface area contributed by atoms with Crippen molar-refractivity contribution in [2.75, 3.05) is 5.32 Å². The molecule has 0 aliphatic rings. The summed E-state index contributed by atoms with van der Waals surface area (Å²) in [5, 5.41) is 2.85. The van der Waals surface area contributed by atoms with E-state index in [1.165, 1.54) is 19.1 Å². The molecule has 0 atom stereocenters. The van der Waals surface area contributed by atoms with Gasteiger partial charge in [-0.15, -0.1) is 0 Å². The number of para-hydroxylation sites is 1. The van der Waals surface area contributed by atoms with Crippen LogP contribution < -0.4 is 16.5 Å². The summed E-state index contributed by atoms with van der Waals surface area (Å²) in [6.07, 6.45) is 0. The minimum absolute atomic E-state index is 0.0742. The summed E-state index contributed by atoms with van der Waals surface area (Å²) in [6, 6.07) is 16.1. The van der Waals surface area contributed by atoms with Crippen LogP contribution in [0.25, 0.3) is 22.3 Å². The molecule has 160 valence electrons. The lowest BCUT2D eigenvalue weighted by Crippen LogP contribution is -2.17. The number of primary amides is 1. The fraction of sp³-hybridized carbons (Fsp3) is 0.0800. The van der Waals surface area contributed by atoms with Crippen LogP contribution in [0.3, 0.4) is 0 Å². The normalized spacial score (nSPS) is 10.8. The molecule has 3 aromatic carbocycles. The molecule has 4 aromatic rings. The van der Waals surface area contributed by atoms with Gasteiger partial charge in [0.05, 0.1) is 10.9 Å². The highest BCUT2D eigenvalue weighted by Gasteiger charge is 2.20. The van der Waals surface area contributed by atoms with Gasteiger partial charge in [0.15, 0.2) is 11.0 Å². The lowest BCUT2D eigenvalue weighted by molar-refractivity contribution is 0.0995. The molecule has 0 radical (unpaired) electrons. The third-order valence-corrected chi connectivity index (χ3v) is 5.30. The number of carbonyl (C=O) groups excluding carboxylic acids is 2. The average Bonchev–Trinajstić information content (AvgIpc) is 2.79. The molecule has 0 saturated heterocycles. The molecule has 7 heteroatoms. The molecule has 4 rings (SSSR count). The Balaban J connectivity index is 1.85. The molecule has 1 aromatic heterocycles. The molecule has 0 fully saturated rings. The Morgan fingerprint density at radius 1 is 0.969 bits per heavy atom. The molecule has 2 amide bonds. The second kappa shape index (κ2) is 8.11. The van der Waals surface area contributed by atoms with Gasteiger partial charge in [-0.3, -0.25) is 14.4 Å². The molecule has 32 heavy (non-hydrogen) atoms. The van der Waals surface area contributed by atoms with Crippen molar-refractivity contribution in [3.05, 3.63) is 99.0 Å². The highest BCUT2D eigenvalue weighted by molar-refractivity contribution is 6.12. The fourth-order valence-electron chi connectivity index (χ4n) is 3.49. The number of carbonyl (C=O) groups is 2. The second-order valence-electron chi connectivity index (χ2n) is 7.38. The summed E-state index contributed by atoms with van der Waals surface area (Å²) in [4.78, 5) is 37.6. The quantitative estimate of drug-likeness (QED) is 0.495. The first-order valence-corrected chi connectivity index (χ1v) is 9.81. The number of hydrogen-bond acceptors (Lipinski definition) is 4. The van der Waals surface area contributed by atoms with Crippen molar-refractivity contribution in [2.24, 2.45) is 5.73 Å². The maximum atomic E-state index is 14.2. The number of benzene rings is 3. The number of hydrogen-bond donors (Lipinski definition) is 2. The van der Waals surface area contributed by atoms with Gasteiger partial charge in [0.1, 0.15) is 11.6 Å². The van der Waals surface area contributed by atoms with Crippen LogP contribution in [-0.4, -0.2) is 11.8 Å². The Bertz CT molecular complexity index is 1440. The summed E-state index contributed by atoms with van der Waals surface area (Å²) in [5.41, 5.74) is 6.50. The van der Waals surface area contributed by atoms with E-state index in [1.54, 1.807) is 31.2 Å². The Hall–Kier alpha value is -4.26. The summed E-state index contributed by atoms with van der Waals surface area (Å²) < 4.78 is 20.3. The van der Waals surface area contributed by atoms with E-state index in [1.807, 2.05) is 18.2 Å². The molecule has 0 saturated carbocycles. The molecule has 0 unspecified atom stereocenters. The van der Waals surface area contributed by atoms with E-state index in [0.717, 1.165) is 6.07 Å². The number of rotatable bonds is 4. The number of nitrogens with one attached hydrogen (secondary N) is 1. The zero-order valence-electron chi connectivity index (χ0n) is 17.4. The standard InChI is InChI=1S/C25H19FN2O4/c1-13-19(26)11-16(24(27)30)12-20(13)28-25(31)18-10-6-9-17-21(29)14(2)22(32-23(17)18)15-7-4-3-5-8-15/h3-12H,1-2H3,(H2,27,30)(H,28,31). The number of fused-ring (bicyclic) bond motifs is 1. The Morgan fingerprint density at radius 3 is 2.38 bits per heavy atom. The van der Waals surface area contributed by atoms with E-state index in [0.29, 0.717) is 16.9 Å². The van der Waals surface area contributed by atoms with Crippen LogP contribution in [0.15, 0.2) is 69.9 Å². The van der Waals surface area contributed by atoms with Crippen molar-refractivity contribution in [1.82, 2.24) is 0 Å². The summed E-state index contributed by atoms with van der Waals surface area (Å²) in [6.45, 7) is 3.14. The van der Waals surface area contributed by atoms with Crippen molar-refractivity contribution in [3.8, 4) is 11.3 Å². The molecular formula is C25H19FN2O4. The Kier molecular flexibility index (Phi) is 5.32. The topological polar surface area (TPSA) is 102 Å². The third kappa shape index (κ3) is 3.65. The Labute approximate surface area is 182 Å². The van der Waals surface area contributed by atoms with Crippen LogP contribution in [0, 0.1) is 19.7 Å². The molecule has 0 aliphatic heterocycles. The van der Waals surface area contributed by atoms with Gasteiger partial charge in [-0.1, -0.05) is 36.4 Å². The summed E-state index contributed by atoms with van der Waals surface area (Å²) in [7, 11) is 0. The van der Waals surface area contributed by atoms with Gasteiger partial charge >= 0.3 is 0 Å². The number of nitrogens with two attached hydrogens (primary N) is 1. The maximum absolute atomic E-state index is 14.2. The highest BCUT2D eigenvalue weighted by atomic mass is 19.1. The summed E-state index contributed by atoms with van der Waals surface area (Å²) >= 11 is 0. The van der Waals surface area contributed by atoms with Gasteiger partial charge in [0, 0.05) is 27.9 Å². The molecule has 0 spiro atoms. The minimum Gasteiger partial charge on any atom is -0.455 e. The minimum atomic E-state index is -0.821. The van der Waals surface area contributed by atoms with Crippen LogP contribution in [0.2, 0.25) is 0 Å². The van der Waals surface area contributed by atoms with Gasteiger partial charge in [-0.25, -0.2) is 4.39 Å². The molecule has 6 nitrogen and oxygen atoms in total. The maximum Gasteiger partial charge on any atom is 0.259 e. The van der Waals surface area contributed by atoms with Crippen LogP contribution in [0.4, 0.5) is 10.1 Å². The molecule has 3 N–H and O–H groups in total. The van der Waals surface area contributed by atoms with Crippen molar-refractivity contribution in [1.29, 1.82) is 0 Å². The number of anilines is 1. The van der Waals surface area contributed by atoms with Gasteiger partial charge in [-0.2, -0.15) is 0 Å². The van der Waals surface area contributed by atoms with Crippen molar-refractivity contribution >= 4 is 28.5 Å². The first-order chi connectivity index (χ1) is 15.3. The van der Waals surface area contributed by atoms with Crippen LogP contribution >= 0.6 is 0 Å². The zero-order chi connectivity index (χ0) is 23.0. The molecule has 1 heterocycles. The first kappa shape index (κ1) is 21.0. The second-order valence-corrected chi connectivity index (χ2v) is 7.38. The molecular weight excluding hydrogens is 411 g/mol. The molecule has 0 bridgehead atoms. The zero-order valence-corrected chi connectivity index (χ0v) is 17.4. The number of amides is 2. The van der Waals surface area contributed by atoms with Gasteiger partial charge < -0.3 is 15.5 Å². The van der Waals surface area contributed by atoms with E-state index in [9.17, 15) is 18.8 Å². The predicted octanol–water partition coefficient (Wildman–Crippen LogP) is 4.57. The highest BCUT2D eigenvalue weighted by Crippen LogP contribution is 2.28. The van der Waals surface area contributed by atoms with Gasteiger partial charge in [0.25, 0.3) is 5.91 Å². The van der Waals surface area contributed by atoms with E-state index < -0.39 is 17.6 Å². The number of halogens is 1. The van der Waals surface area contributed by atoms with E-state index in [-0.39, 0.29) is 38.8 Å². The van der Waals surface area contributed by atoms with Gasteiger partial charge in [0.2, 0.25) is 5.91 Å². The fourth-order valence-corrected chi connectivity index (χ4v) is 3.49. The lowest BCUT2D eigenvalue weighted by atomic mass is 10.0. The van der Waals surface area contributed by atoms with Crippen LogP contribution in [0.1, 0.15) is 31.8 Å². The van der Waals surface area contributed by atoms with Crippen molar-refractivity contribution in [2.45, 2.75) is 13.8 Å². The van der Waals surface area contributed by atoms with Crippen molar-refractivity contribution < 1.29 is 18.4 Å². The van der Waals surface area contributed by atoms with E-state index >= 15 is 0 Å². The smallest absolute Gasteiger partial charge is 0.259 e. The largest absolute Gasteiger partial charge is 0.455 e. The summed E-state index contributed by atoms with van der Waals surface area (Å²) in [5.74, 6) is -1.76. The van der Waals surface area contributed by atoms with E-state index in [2.05, 4.69) is 5.32 Å². The van der Waals surface area contributed by atoms with Crippen molar-refractivity contribution in [3.63, 3.8) is 0 Å². The Morgan fingerprint density at radius 2 is 1.69 bits per heavy atom. The van der Waals surface area contributed by atoms with Crippen LogP contribution in [-0.2, 0) is 0 Å².